The molecule has 0 spiro atoms. The van der Waals surface area contributed by atoms with Crippen molar-refractivity contribution in [3.8, 4) is 0 Å². The first-order valence-corrected chi connectivity index (χ1v) is 8.74. The van der Waals surface area contributed by atoms with Gasteiger partial charge < -0.3 is 5.32 Å². The fourth-order valence-corrected chi connectivity index (χ4v) is 4.24. The van der Waals surface area contributed by atoms with E-state index < -0.39 is 10.0 Å². The summed E-state index contributed by atoms with van der Waals surface area (Å²) >= 11 is 0. The standard InChI is InChI=1S/C13H28N2O2S/c1-11-6-7-13(12(2)10-11)15-18(16,17)9-5-4-8-14-3/h11-15H,4-10H2,1-3H3. The predicted octanol–water partition coefficient (Wildman–Crippen LogP) is 1.73. The lowest BCUT2D eigenvalue weighted by atomic mass is 9.80. The van der Waals surface area contributed by atoms with Gasteiger partial charge in [-0.2, -0.15) is 0 Å². The molecule has 0 saturated heterocycles. The van der Waals surface area contributed by atoms with Crippen LogP contribution in [0.25, 0.3) is 0 Å². The summed E-state index contributed by atoms with van der Waals surface area (Å²) in [6, 6.07) is 0.149. The number of rotatable bonds is 7. The topological polar surface area (TPSA) is 58.2 Å². The van der Waals surface area contributed by atoms with E-state index >= 15 is 0 Å². The van der Waals surface area contributed by atoms with Gasteiger partial charge in [0.2, 0.25) is 10.0 Å². The zero-order chi connectivity index (χ0) is 13.6. The quantitative estimate of drug-likeness (QED) is 0.696. The van der Waals surface area contributed by atoms with E-state index in [1.165, 1.54) is 0 Å². The fraction of sp³-hybridized carbons (Fsp3) is 1.00. The summed E-state index contributed by atoms with van der Waals surface area (Å²) in [4.78, 5) is 0. The van der Waals surface area contributed by atoms with Crippen LogP contribution < -0.4 is 10.0 Å². The lowest BCUT2D eigenvalue weighted by Gasteiger charge is -2.32. The molecule has 0 amide bonds. The van der Waals surface area contributed by atoms with Gasteiger partial charge in [-0.3, -0.25) is 0 Å². The highest BCUT2D eigenvalue weighted by atomic mass is 32.2. The van der Waals surface area contributed by atoms with Crippen LogP contribution in [0, 0.1) is 11.8 Å². The highest BCUT2D eigenvalue weighted by Crippen LogP contribution is 2.28. The third-order valence-corrected chi connectivity index (χ3v) is 5.34. The van der Waals surface area contributed by atoms with Crippen molar-refractivity contribution in [3.05, 3.63) is 0 Å². The maximum atomic E-state index is 12.0. The van der Waals surface area contributed by atoms with Crippen molar-refractivity contribution < 1.29 is 8.42 Å². The van der Waals surface area contributed by atoms with Crippen molar-refractivity contribution in [2.75, 3.05) is 19.3 Å². The second kappa shape index (κ2) is 7.46. The maximum absolute atomic E-state index is 12.0. The Morgan fingerprint density at radius 2 is 1.89 bits per heavy atom. The van der Waals surface area contributed by atoms with E-state index in [4.69, 9.17) is 0 Å². The first kappa shape index (κ1) is 15.9. The molecule has 3 atom stereocenters. The minimum Gasteiger partial charge on any atom is -0.320 e. The first-order valence-electron chi connectivity index (χ1n) is 7.09. The second-order valence-electron chi connectivity index (χ2n) is 5.75. The molecule has 0 heterocycles. The Labute approximate surface area is 112 Å². The minimum absolute atomic E-state index is 0.149. The summed E-state index contributed by atoms with van der Waals surface area (Å²) in [6.07, 6.45) is 4.89. The summed E-state index contributed by atoms with van der Waals surface area (Å²) in [6.45, 7) is 5.29. The van der Waals surface area contributed by atoms with Crippen molar-refractivity contribution in [1.29, 1.82) is 0 Å². The maximum Gasteiger partial charge on any atom is 0.211 e. The zero-order valence-corrected chi connectivity index (χ0v) is 12.7. The normalized spacial score (nSPS) is 29.4. The van der Waals surface area contributed by atoms with Gasteiger partial charge in [0, 0.05) is 6.04 Å². The summed E-state index contributed by atoms with van der Waals surface area (Å²) in [7, 11) is -1.20. The summed E-state index contributed by atoms with van der Waals surface area (Å²) in [5, 5.41) is 3.03. The molecule has 0 aromatic heterocycles. The third-order valence-electron chi connectivity index (χ3n) is 3.85. The lowest BCUT2D eigenvalue weighted by Crippen LogP contribution is -2.43. The van der Waals surface area contributed by atoms with E-state index in [-0.39, 0.29) is 11.8 Å². The highest BCUT2D eigenvalue weighted by Gasteiger charge is 2.28. The predicted molar refractivity (Wildman–Crippen MR) is 76.1 cm³/mol. The molecule has 1 rings (SSSR count). The molecule has 0 bridgehead atoms. The van der Waals surface area contributed by atoms with Gasteiger partial charge in [-0.1, -0.05) is 13.8 Å². The molecule has 1 aliphatic rings. The van der Waals surface area contributed by atoms with E-state index in [0.717, 1.165) is 44.6 Å². The second-order valence-corrected chi connectivity index (χ2v) is 7.62. The molecule has 1 aliphatic carbocycles. The molecular weight excluding hydrogens is 248 g/mol. The Kier molecular flexibility index (Phi) is 6.60. The molecule has 2 N–H and O–H groups in total. The minimum atomic E-state index is -3.09. The number of hydrogen-bond acceptors (Lipinski definition) is 3. The van der Waals surface area contributed by atoms with Crippen LogP contribution in [0.15, 0.2) is 0 Å². The molecule has 5 heteroatoms. The molecule has 0 aromatic rings. The van der Waals surface area contributed by atoms with Crippen LogP contribution in [0.1, 0.15) is 46.0 Å². The van der Waals surface area contributed by atoms with Crippen LogP contribution >= 0.6 is 0 Å². The van der Waals surface area contributed by atoms with Crippen LogP contribution in [0.3, 0.4) is 0 Å². The molecule has 18 heavy (non-hydrogen) atoms. The molecule has 0 radical (unpaired) electrons. The van der Waals surface area contributed by atoms with E-state index in [9.17, 15) is 8.42 Å². The van der Waals surface area contributed by atoms with E-state index in [2.05, 4.69) is 23.9 Å². The van der Waals surface area contributed by atoms with Crippen molar-refractivity contribution in [1.82, 2.24) is 10.0 Å². The number of hydrogen-bond donors (Lipinski definition) is 2. The first-order chi connectivity index (χ1) is 8.44. The monoisotopic (exact) mass is 276 g/mol. The molecule has 4 nitrogen and oxygen atoms in total. The molecule has 0 aliphatic heterocycles. The number of nitrogens with one attached hydrogen (secondary N) is 2. The Morgan fingerprint density at radius 1 is 1.17 bits per heavy atom. The summed E-state index contributed by atoms with van der Waals surface area (Å²) in [5.74, 6) is 1.45. The average Bonchev–Trinajstić information content (AvgIpc) is 2.28. The molecular formula is C13H28N2O2S. The Balaban J connectivity index is 2.35. The van der Waals surface area contributed by atoms with Gasteiger partial charge in [0.1, 0.15) is 0 Å². The summed E-state index contributed by atoms with van der Waals surface area (Å²) in [5.41, 5.74) is 0. The van der Waals surface area contributed by atoms with Crippen LogP contribution in [-0.2, 0) is 10.0 Å². The SMILES string of the molecule is CNCCCCS(=O)(=O)NC1CCC(C)CC1C. The van der Waals surface area contributed by atoms with E-state index in [1.54, 1.807) is 0 Å². The zero-order valence-electron chi connectivity index (χ0n) is 11.9. The largest absolute Gasteiger partial charge is 0.320 e. The van der Waals surface area contributed by atoms with Crippen molar-refractivity contribution in [3.63, 3.8) is 0 Å². The van der Waals surface area contributed by atoms with Crippen LogP contribution in [0.2, 0.25) is 0 Å². The molecule has 3 unspecified atom stereocenters. The molecule has 1 saturated carbocycles. The number of sulfonamides is 1. The lowest BCUT2D eigenvalue weighted by molar-refractivity contribution is 0.249. The van der Waals surface area contributed by atoms with Gasteiger partial charge in [-0.25, -0.2) is 13.1 Å². The van der Waals surface area contributed by atoms with Gasteiger partial charge in [0.05, 0.1) is 5.75 Å². The van der Waals surface area contributed by atoms with Gasteiger partial charge in [0.25, 0.3) is 0 Å². The van der Waals surface area contributed by atoms with Crippen molar-refractivity contribution >= 4 is 10.0 Å². The molecule has 1 fully saturated rings. The molecule has 108 valence electrons. The van der Waals surface area contributed by atoms with Crippen molar-refractivity contribution in [2.24, 2.45) is 11.8 Å². The van der Waals surface area contributed by atoms with Gasteiger partial charge in [-0.05, 0) is 57.5 Å². The smallest absolute Gasteiger partial charge is 0.211 e. The molecule has 0 aromatic carbocycles. The Hall–Kier alpha value is -0.130. The van der Waals surface area contributed by atoms with Crippen molar-refractivity contribution in [2.45, 2.75) is 52.0 Å². The summed E-state index contributed by atoms with van der Waals surface area (Å²) < 4.78 is 26.8. The Bertz CT molecular complexity index is 330. The third kappa shape index (κ3) is 5.67. The van der Waals surface area contributed by atoms with Crippen LogP contribution in [-0.4, -0.2) is 33.8 Å². The fourth-order valence-electron chi connectivity index (χ4n) is 2.72. The Morgan fingerprint density at radius 3 is 2.50 bits per heavy atom. The highest BCUT2D eigenvalue weighted by molar-refractivity contribution is 7.89. The van der Waals surface area contributed by atoms with Crippen LogP contribution in [0.4, 0.5) is 0 Å². The number of unbranched alkanes of at least 4 members (excludes halogenated alkanes) is 1. The average molecular weight is 276 g/mol. The van der Waals surface area contributed by atoms with E-state index in [0.29, 0.717) is 5.92 Å². The van der Waals surface area contributed by atoms with Gasteiger partial charge in [-0.15, -0.1) is 0 Å². The van der Waals surface area contributed by atoms with Crippen LogP contribution in [0.5, 0.6) is 0 Å². The van der Waals surface area contributed by atoms with Gasteiger partial charge in [0.15, 0.2) is 0 Å². The van der Waals surface area contributed by atoms with Gasteiger partial charge >= 0.3 is 0 Å². The van der Waals surface area contributed by atoms with E-state index in [1.807, 2.05) is 7.05 Å².